The Balaban J connectivity index is 1.61. The molecule has 0 bridgehead atoms. The SMILES string of the molecule is Clc1ccc([C@@H]2[C@@H]3CCCC[C@]3(N3CCCC3)ON2c2ccccc2)cc1. The van der Waals surface area contributed by atoms with Gasteiger partial charge < -0.3 is 0 Å². The van der Waals surface area contributed by atoms with Crippen LogP contribution in [0.4, 0.5) is 5.69 Å². The smallest absolute Gasteiger partial charge is 0.154 e. The van der Waals surface area contributed by atoms with E-state index in [-0.39, 0.29) is 11.8 Å². The number of likely N-dealkylation sites (tertiary alicyclic amines) is 1. The molecule has 1 aliphatic carbocycles. The van der Waals surface area contributed by atoms with Gasteiger partial charge in [0, 0.05) is 24.0 Å². The minimum Gasteiger partial charge on any atom is -0.273 e. The number of anilines is 1. The number of rotatable bonds is 3. The van der Waals surface area contributed by atoms with Crippen molar-refractivity contribution in [2.75, 3.05) is 18.2 Å². The summed E-state index contributed by atoms with van der Waals surface area (Å²) in [6.07, 6.45) is 7.46. The van der Waals surface area contributed by atoms with E-state index in [1.165, 1.54) is 37.7 Å². The molecular weight excluding hydrogens is 356 g/mol. The van der Waals surface area contributed by atoms with Gasteiger partial charge in [0.2, 0.25) is 0 Å². The highest BCUT2D eigenvalue weighted by molar-refractivity contribution is 6.30. The molecule has 2 aromatic carbocycles. The van der Waals surface area contributed by atoms with E-state index in [0.717, 1.165) is 30.2 Å². The summed E-state index contributed by atoms with van der Waals surface area (Å²) in [6, 6.07) is 19.2. The topological polar surface area (TPSA) is 15.7 Å². The van der Waals surface area contributed by atoms with Gasteiger partial charge in [-0.2, -0.15) is 0 Å². The van der Waals surface area contributed by atoms with Crippen molar-refractivity contribution in [3.05, 3.63) is 65.2 Å². The van der Waals surface area contributed by atoms with Crippen molar-refractivity contribution in [1.82, 2.24) is 4.90 Å². The lowest BCUT2D eigenvalue weighted by Gasteiger charge is -2.44. The molecule has 4 heteroatoms. The van der Waals surface area contributed by atoms with Gasteiger partial charge in [-0.05, 0) is 61.9 Å². The van der Waals surface area contributed by atoms with E-state index in [4.69, 9.17) is 16.4 Å². The third-order valence-electron chi connectivity index (χ3n) is 6.63. The zero-order valence-electron chi connectivity index (χ0n) is 15.7. The highest BCUT2D eigenvalue weighted by Crippen LogP contribution is 2.55. The lowest BCUT2D eigenvalue weighted by atomic mass is 9.75. The Morgan fingerprint density at radius 3 is 2.37 bits per heavy atom. The van der Waals surface area contributed by atoms with Crippen molar-refractivity contribution >= 4 is 17.3 Å². The predicted molar refractivity (Wildman–Crippen MR) is 110 cm³/mol. The second-order valence-corrected chi connectivity index (χ2v) is 8.58. The molecule has 27 heavy (non-hydrogen) atoms. The summed E-state index contributed by atoms with van der Waals surface area (Å²) in [7, 11) is 0. The molecule has 2 aromatic rings. The Morgan fingerprint density at radius 2 is 1.63 bits per heavy atom. The predicted octanol–water partition coefficient (Wildman–Crippen LogP) is 5.82. The summed E-state index contributed by atoms with van der Waals surface area (Å²) in [5.41, 5.74) is 2.29. The van der Waals surface area contributed by atoms with Crippen molar-refractivity contribution in [3.63, 3.8) is 0 Å². The monoisotopic (exact) mass is 382 g/mol. The van der Waals surface area contributed by atoms with Crippen LogP contribution >= 0.6 is 11.6 Å². The molecule has 3 aliphatic rings. The molecule has 5 rings (SSSR count). The third kappa shape index (κ3) is 2.97. The molecule has 2 heterocycles. The average molecular weight is 383 g/mol. The number of hydrogen-bond acceptors (Lipinski definition) is 3. The van der Waals surface area contributed by atoms with Gasteiger partial charge in [-0.3, -0.25) is 4.90 Å². The van der Waals surface area contributed by atoms with E-state index < -0.39 is 0 Å². The van der Waals surface area contributed by atoms with Crippen molar-refractivity contribution in [3.8, 4) is 0 Å². The molecule has 2 saturated heterocycles. The minimum absolute atomic E-state index is 0.158. The van der Waals surface area contributed by atoms with Crippen LogP contribution in [0.15, 0.2) is 54.6 Å². The molecule has 3 nitrogen and oxygen atoms in total. The highest BCUT2D eigenvalue weighted by Gasteiger charge is 2.59. The van der Waals surface area contributed by atoms with E-state index in [9.17, 15) is 0 Å². The Morgan fingerprint density at radius 1 is 0.889 bits per heavy atom. The second kappa shape index (κ2) is 7.12. The molecular formula is C23H27ClN2O. The molecule has 0 N–H and O–H groups in total. The van der Waals surface area contributed by atoms with Crippen LogP contribution in [0, 0.1) is 5.92 Å². The van der Waals surface area contributed by atoms with Gasteiger partial charge >= 0.3 is 0 Å². The fourth-order valence-electron chi connectivity index (χ4n) is 5.42. The summed E-state index contributed by atoms with van der Waals surface area (Å²) in [4.78, 5) is 9.59. The Labute approximate surface area is 166 Å². The lowest BCUT2D eigenvalue weighted by molar-refractivity contribution is -0.161. The number of para-hydroxylation sites is 1. The second-order valence-electron chi connectivity index (χ2n) is 8.14. The fraction of sp³-hybridized carbons (Fsp3) is 0.478. The molecule has 0 aromatic heterocycles. The maximum atomic E-state index is 6.95. The summed E-state index contributed by atoms with van der Waals surface area (Å²) in [5, 5.41) is 3.00. The molecule has 0 radical (unpaired) electrons. The first kappa shape index (κ1) is 17.5. The number of nitrogens with zero attached hydrogens (tertiary/aromatic N) is 2. The van der Waals surface area contributed by atoms with E-state index >= 15 is 0 Å². The van der Waals surface area contributed by atoms with Crippen molar-refractivity contribution < 1.29 is 4.84 Å². The van der Waals surface area contributed by atoms with Crippen molar-refractivity contribution in [1.29, 1.82) is 0 Å². The normalized spacial score (nSPS) is 31.2. The van der Waals surface area contributed by atoms with Crippen LogP contribution in [-0.2, 0) is 4.84 Å². The van der Waals surface area contributed by atoms with Crippen LogP contribution in [-0.4, -0.2) is 23.7 Å². The van der Waals surface area contributed by atoms with Crippen LogP contribution < -0.4 is 5.06 Å². The maximum absolute atomic E-state index is 6.95. The molecule has 2 aliphatic heterocycles. The van der Waals surface area contributed by atoms with Gasteiger partial charge in [0.15, 0.2) is 5.72 Å². The highest BCUT2D eigenvalue weighted by atomic mass is 35.5. The first-order valence-corrected chi connectivity index (χ1v) is 10.7. The number of halogens is 1. The minimum atomic E-state index is -0.158. The number of benzene rings is 2. The summed E-state index contributed by atoms with van der Waals surface area (Å²) in [5.74, 6) is 0.478. The molecule has 0 unspecified atom stereocenters. The number of fused-ring (bicyclic) bond motifs is 1. The van der Waals surface area contributed by atoms with Crippen LogP contribution in [0.5, 0.6) is 0 Å². The molecule has 0 spiro atoms. The van der Waals surface area contributed by atoms with Crippen LogP contribution in [0.3, 0.4) is 0 Å². The Bertz CT molecular complexity index is 775. The van der Waals surface area contributed by atoms with Crippen LogP contribution in [0.1, 0.15) is 50.1 Å². The zero-order valence-corrected chi connectivity index (χ0v) is 16.4. The first-order chi connectivity index (χ1) is 13.3. The largest absolute Gasteiger partial charge is 0.273 e. The van der Waals surface area contributed by atoms with Gasteiger partial charge in [0.25, 0.3) is 0 Å². The van der Waals surface area contributed by atoms with Gasteiger partial charge in [-0.25, -0.2) is 9.90 Å². The van der Waals surface area contributed by atoms with E-state index in [2.05, 4.69) is 52.4 Å². The summed E-state index contributed by atoms with van der Waals surface area (Å²) < 4.78 is 0. The summed E-state index contributed by atoms with van der Waals surface area (Å²) >= 11 is 6.19. The molecule has 1 saturated carbocycles. The molecule has 3 atom stereocenters. The Hall–Kier alpha value is -1.55. The van der Waals surface area contributed by atoms with Crippen LogP contribution in [0.25, 0.3) is 0 Å². The van der Waals surface area contributed by atoms with Gasteiger partial charge in [0.1, 0.15) is 0 Å². The van der Waals surface area contributed by atoms with Crippen LogP contribution in [0.2, 0.25) is 5.02 Å². The average Bonchev–Trinajstić information content (AvgIpc) is 3.36. The maximum Gasteiger partial charge on any atom is 0.154 e. The Kier molecular flexibility index (Phi) is 4.63. The lowest BCUT2D eigenvalue weighted by Crippen LogP contribution is -2.53. The first-order valence-electron chi connectivity index (χ1n) is 10.3. The standard InChI is InChI=1S/C23H27ClN2O/c24-19-13-11-18(12-14-19)22-21-10-4-5-15-23(21,25-16-6-7-17-25)27-26(22)20-8-2-1-3-9-20/h1-3,8-9,11-14,21-22H,4-7,10,15-17H2/t21-,22+,23-/m0/s1. The molecule has 3 fully saturated rings. The summed E-state index contributed by atoms with van der Waals surface area (Å²) in [6.45, 7) is 2.32. The molecule has 142 valence electrons. The fourth-order valence-corrected chi connectivity index (χ4v) is 5.55. The molecule has 0 amide bonds. The van der Waals surface area contributed by atoms with Gasteiger partial charge in [-0.1, -0.05) is 48.4 Å². The van der Waals surface area contributed by atoms with E-state index in [1.54, 1.807) is 0 Å². The zero-order chi connectivity index (χ0) is 18.3. The number of hydroxylamine groups is 1. The van der Waals surface area contributed by atoms with Gasteiger partial charge in [-0.15, -0.1) is 0 Å². The quantitative estimate of drug-likeness (QED) is 0.665. The van der Waals surface area contributed by atoms with E-state index in [1.807, 2.05) is 12.1 Å². The third-order valence-corrected chi connectivity index (χ3v) is 6.89. The van der Waals surface area contributed by atoms with Crippen molar-refractivity contribution in [2.24, 2.45) is 5.92 Å². The number of hydrogen-bond donors (Lipinski definition) is 0. The van der Waals surface area contributed by atoms with Crippen molar-refractivity contribution in [2.45, 2.75) is 50.3 Å². The van der Waals surface area contributed by atoms with Gasteiger partial charge in [0.05, 0.1) is 11.7 Å². The van der Waals surface area contributed by atoms with E-state index in [0.29, 0.717) is 5.92 Å².